The lowest BCUT2D eigenvalue weighted by atomic mass is 10.3. The first-order chi connectivity index (χ1) is 19.9. The molecule has 0 bridgehead atoms. The minimum Gasteiger partial charge on any atom is -0.497 e. The fraction of sp³-hybridized carbons (Fsp3) is 0.107. The zero-order valence-electron chi connectivity index (χ0n) is 22.2. The number of rotatable bonds is 11. The highest BCUT2D eigenvalue weighted by Gasteiger charge is 2.28. The number of halogens is 2. The van der Waals surface area contributed by atoms with Crippen LogP contribution in [0.1, 0.15) is 0 Å². The molecule has 4 aromatic carbocycles. The van der Waals surface area contributed by atoms with E-state index in [-0.39, 0.29) is 36.9 Å². The topological polar surface area (TPSA) is 131 Å². The van der Waals surface area contributed by atoms with Gasteiger partial charge in [-0.05, 0) is 66.7 Å². The Labute approximate surface area is 253 Å². The van der Waals surface area contributed by atoms with E-state index in [1.165, 1.54) is 74.9 Å². The van der Waals surface area contributed by atoms with E-state index >= 15 is 0 Å². The zero-order valence-corrected chi connectivity index (χ0v) is 25.4. The number of nitrogens with zero attached hydrogens (tertiary/aromatic N) is 1. The van der Waals surface area contributed by atoms with E-state index < -0.39 is 32.5 Å². The second-order valence-electron chi connectivity index (χ2n) is 8.67. The van der Waals surface area contributed by atoms with Gasteiger partial charge in [0.2, 0.25) is 5.91 Å². The molecule has 0 radical (unpaired) electrons. The van der Waals surface area contributed by atoms with E-state index in [0.717, 1.165) is 4.31 Å². The van der Waals surface area contributed by atoms with Gasteiger partial charge in [-0.2, -0.15) is 0 Å². The Balaban J connectivity index is 1.54. The molecule has 42 heavy (non-hydrogen) atoms. The van der Waals surface area contributed by atoms with Gasteiger partial charge in [0, 0.05) is 11.8 Å². The van der Waals surface area contributed by atoms with Crippen LogP contribution in [0.3, 0.4) is 0 Å². The second kappa shape index (κ2) is 12.9. The number of anilines is 3. The van der Waals surface area contributed by atoms with Crippen LogP contribution in [0.5, 0.6) is 11.5 Å². The molecule has 0 aromatic heterocycles. The number of hydrogen-bond donors (Lipinski definition) is 2. The quantitative estimate of drug-likeness (QED) is 0.215. The van der Waals surface area contributed by atoms with Gasteiger partial charge in [0.05, 0.1) is 45.4 Å². The van der Waals surface area contributed by atoms with Crippen molar-refractivity contribution in [2.75, 3.05) is 35.1 Å². The van der Waals surface area contributed by atoms with Gasteiger partial charge in [-0.15, -0.1) is 0 Å². The first-order valence-corrected chi connectivity index (χ1v) is 15.8. The van der Waals surface area contributed by atoms with Crippen LogP contribution in [0.2, 0.25) is 10.0 Å². The number of methoxy groups -OCH3 is 2. The molecule has 14 heteroatoms. The van der Waals surface area contributed by atoms with Gasteiger partial charge in [0.1, 0.15) is 18.0 Å². The lowest BCUT2D eigenvalue weighted by Crippen LogP contribution is -2.38. The molecule has 220 valence electrons. The van der Waals surface area contributed by atoms with Crippen molar-refractivity contribution in [1.29, 1.82) is 0 Å². The van der Waals surface area contributed by atoms with E-state index in [1.54, 1.807) is 30.3 Å². The summed E-state index contributed by atoms with van der Waals surface area (Å²) in [6.45, 7) is -0.605. The highest BCUT2D eigenvalue weighted by atomic mass is 35.5. The summed E-state index contributed by atoms with van der Waals surface area (Å²) in [7, 11) is -5.35. The van der Waals surface area contributed by atoms with Crippen LogP contribution in [0, 0.1) is 0 Å². The fourth-order valence-electron chi connectivity index (χ4n) is 3.82. The number of hydrogen-bond acceptors (Lipinski definition) is 7. The van der Waals surface area contributed by atoms with Crippen molar-refractivity contribution in [3.8, 4) is 11.5 Å². The van der Waals surface area contributed by atoms with E-state index in [1.807, 2.05) is 0 Å². The molecule has 0 saturated carbocycles. The molecular formula is C28H25Cl2N3O7S2. The summed E-state index contributed by atoms with van der Waals surface area (Å²) in [6.07, 6.45) is 0. The predicted molar refractivity (Wildman–Crippen MR) is 163 cm³/mol. The lowest BCUT2D eigenvalue weighted by molar-refractivity contribution is -0.114. The molecule has 1 amide bonds. The SMILES string of the molecule is COc1ccc(OC)c(NS(=O)(=O)c2ccc(NC(=O)CN(c3ccc(Cl)c(Cl)c3)S(=O)(=O)c3ccccc3)cc2)c1. The third-order valence-electron chi connectivity index (χ3n) is 5.91. The molecule has 0 unspecified atom stereocenters. The van der Waals surface area contributed by atoms with Crippen molar-refractivity contribution in [2.45, 2.75) is 9.79 Å². The maximum atomic E-state index is 13.5. The fourth-order valence-corrected chi connectivity index (χ4v) is 6.61. The molecule has 0 spiro atoms. The monoisotopic (exact) mass is 649 g/mol. The average molecular weight is 651 g/mol. The van der Waals surface area contributed by atoms with E-state index in [4.69, 9.17) is 32.7 Å². The first kappa shape index (κ1) is 31.0. The Morgan fingerprint density at radius 2 is 1.48 bits per heavy atom. The third-order valence-corrected chi connectivity index (χ3v) is 9.82. The number of amides is 1. The number of carbonyl (C=O) groups excluding carboxylic acids is 1. The van der Waals surface area contributed by atoms with E-state index in [0.29, 0.717) is 11.5 Å². The van der Waals surface area contributed by atoms with Gasteiger partial charge < -0.3 is 14.8 Å². The summed E-state index contributed by atoms with van der Waals surface area (Å²) in [4.78, 5) is 12.9. The van der Waals surface area contributed by atoms with Crippen LogP contribution in [0.4, 0.5) is 17.1 Å². The standard InChI is InChI=1S/C28H25Cl2N3O7S2/c1-39-21-11-15-27(40-2)26(17-21)32-41(35,36)22-12-8-19(9-13-22)31-28(34)18-33(20-10-14-24(29)25(30)16-20)42(37,38)23-6-4-3-5-7-23/h3-17,32H,18H2,1-2H3,(H,31,34). The molecule has 4 rings (SSSR count). The smallest absolute Gasteiger partial charge is 0.264 e. The van der Waals surface area contributed by atoms with Crippen molar-refractivity contribution in [2.24, 2.45) is 0 Å². The number of nitrogens with one attached hydrogen (secondary N) is 2. The molecule has 0 saturated heterocycles. The predicted octanol–water partition coefficient (Wildman–Crippen LogP) is 5.65. The molecular weight excluding hydrogens is 625 g/mol. The van der Waals surface area contributed by atoms with Gasteiger partial charge in [0.25, 0.3) is 20.0 Å². The van der Waals surface area contributed by atoms with Crippen molar-refractivity contribution in [3.63, 3.8) is 0 Å². The van der Waals surface area contributed by atoms with Gasteiger partial charge in [0.15, 0.2) is 0 Å². The first-order valence-electron chi connectivity index (χ1n) is 12.1. The third kappa shape index (κ3) is 7.08. The van der Waals surface area contributed by atoms with E-state index in [9.17, 15) is 21.6 Å². The van der Waals surface area contributed by atoms with Crippen LogP contribution in [-0.2, 0) is 24.8 Å². The average Bonchev–Trinajstić information content (AvgIpc) is 2.98. The Bertz CT molecular complexity index is 1800. The van der Waals surface area contributed by atoms with Gasteiger partial charge >= 0.3 is 0 Å². The Hall–Kier alpha value is -3.97. The minimum absolute atomic E-state index is 0.0291. The van der Waals surface area contributed by atoms with Gasteiger partial charge in [-0.3, -0.25) is 13.8 Å². The number of benzene rings is 4. The molecule has 0 aliphatic rings. The van der Waals surface area contributed by atoms with Crippen LogP contribution >= 0.6 is 23.2 Å². The van der Waals surface area contributed by atoms with Crippen molar-refractivity contribution in [3.05, 3.63) is 101 Å². The normalized spacial score (nSPS) is 11.4. The molecule has 0 aliphatic carbocycles. The summed E-state index contributed by atoms with van der Waals surface area (Å²) in [5.74, 6) is 0.0337. The molecule has 10 nitrogen and oxygen atoms in total. The van der Waals surface area contributed by atoms with Crippen molar-refractivity contribution < 1.29 is 31.1 Å². The Kier molecular flexibility index (Phi) is 9.52. The molecule has 0 fully saturated rings. The van der Waals surface area contributed by atoms with Crippen LogP contribution in [-0.4, -0.2) is 43.5 Å². The summed E-state index contributed by atoms with van der Waals surface area (Å²) in [6, 6.07) is 21.8. The molecule has 0 aliphatic heterocycles. The molecule has 2 N–H and O–H groups in total. The Morgan fingerprint density at radius 3 is 2.10 bits per heavy atom. The lowest BCUT2D eigenvalue weighted by Gasteiger charge is -2.24. The number of sulfonamides is 2. The highest BCUT2D eigenvalue weighted by molar-refractivity contribution is 7.93. The zero-order chi connectivity index (χ0) is 30.5. The maximum Gasteiger partial charge on any atom is 0.264 e. The molecule has 4 aromatic rings. The number of ether oxygens (including phenoxy) is 2. The summed E-state index contributed by atoms with van der Waals surface area (Å²) < 4.78 is 66.8. The van der Waals surface area contributed by atoms with Gasteiger partial charge in [-0.25, -0.2) is 16.8 Å². The molecule has 0 atom stereocenters. The Morgan fingerprint density at radius 1 is 0.786 bits per heavy atom. The summed E-state index contributed by atoms with van der Waals surface area (Å²) in [5, 5.41) is 2.93. The largest absolute Gasteiger partial charge is 0.497 e. The van der Waals surface area contributed by atoms with Crippen molar-refractivity contribution in [1.82, 2.24) is 0 Å². The minimum atomic E-state index is -4.17. The highest BCUT2D eigenvalue weighted by Crippen LogP contribution is 2.32. The maximum absolute atomic E-state index is 13.5. The molecule has 0 heterocycles. The number of carbonyl (C=O) groups is 1. The van der Waals surface area contributed by atoms with Crippen molar-refractivity contribution >= 4 is 66.2 Å². The summed E-state index contributed by atoms with van der Waals surface area (Å²) in [5.41, 5.74) is 0.546. The van der Waals surface area contributed by atoms with Crippen LogP contribution in [0.25, 0.3) is 0 Å². The van der Waals surface area contributed by atoms with E-state index in [2.05, 4.69) is 10.0 Å². The van der Waals surface area contributed by atoms with Gasteiger partial charge in [-0.1, -0.05) is 41.4 Å². The second-order valence-corrected chi connectivity index (χ2v) is 13.0. The summed E-state index contributed by atoms with van der Waals surface area (Å²) >= 11 is 12.1. The van der Waals surface area contributed by atoms with Crippen LogP contribution in [0.15, 0.2) is 101 Å². The van der Waals surface area contributed by atoms with Crippen LogP contribution < -0.4 is 23.8 Å².